The second kappa shape index (κ2) is 7.03. The number of benzene rings is 2. The highest BCUT2D eigenvalue weighted by Crippen LogP contribution is 2.11. The van der Waals surface area contributed by atoms with Crippen molar-refractivity contribution in [2.75, 3.05) is 11.6 Å². The van der Waals surface area contributed by atoms with Crippen molar-refractivity contribution in [1.29, 1.82) is 0 Å². The van der Waals surface area contributed by atoms with Crippen LogP contribution < -0.4 is 10.4 Å². The summed E-state index contributed by atoms with van der Waals surface area (Å²) in [6.07, 6.45) is 1.04. The van der Waals surface area contributed by atoms with Gasteiger partial charge in [-0.15, -0.1) is 0 Å². The molecule has 0 bridgehead atoms. The Morgan fingerprint density at radius 3 is 1.74 bits per heavy atom. The Morgan fingerprint density at radius 1 is 0.895 bits per heavy atom. The van der Waals surface area contributed by atoms with E-state index in [4.69, 9.17) is 4.43 Å². The van der Waals surface area contributed by atoms with E-state index in [1.807, 2.05) is 0 Å². The summed E-state index contributed by atoms with van der Waals surface area (Å²) in [4.78, 5) is 0.883. The Morgan fingerprint density at radius 2 is 1.37 bits per heavy atom. The fourth-order valence-electron chi connectivity index (χ4n) is 2.22. The average Bonchev–Trinajstić information content (AvgIpc) is 2.51. The zero-order chi connectivity index (χ0) is 13.6. The lowest BCUT2D eigenvalue weighted by atomic mass is 10.4. The van der Waals surface area contributed by atoms with Gasteiger partial charge in [0.05, 0.1) is 0 Å². The topological polar surface area (TPSA) is 9.23 Å². The first-order valence-electron chi connectivity index (χ1n) is 6.64. The molecule has 0 aromatic heterocycles. The maximum atomic E-state index is 6.39. The van der Waals surface area contributed by atoms with Gasteiger partial charge in [-0.2, -0.15) is 0 Å². The van der Waals surface area contributed by atoms with Crippen LogP contribution in [0, 0.1) is 0 Å². The van der Waals surface area contributed by atoms with E-state index in [0.717, 1.165) is 18.0 Å². The zero-order valence-corrected chi connectivity index (χ0v) is 13.8. The van der Waals surface area contributed by atoms with E-state index in [1.165, 1.54) is 10.4 Å². The lowest BCUT2D eigenvalue weighted by Gasteiger charge is -2.30. The number of alkyl halides is 1. The predicted molar refractivity (Wildman–Crippen MR) is 87.9 cm³/mol. The standard InChI is InChI=1S/C16H19BrOSi/c1-2-13-18-19(14-17,15-9-5-3-6-10-15)16-11-7-4-8-12-16/h3-12H,2,13-14H2,1H3. The second-order valence-electron chi connectivity index (χ2n) is 4.54. The van der Waals surface area contributed by atoms with Gasteiger partial charge in [0, 0.05) is 11.6 Å². The van der Waals surface area contributed by atoms with Crippen LogP contribution in [0.3, 0.4) is 0 Å². The van der Waals surface area contributed by atoms with Gasteiger partial charge in [0.2, 0.25) is 0 Å². The van der Waals surface area contributed by atoms with Gasteiger partial charge >= 0.3 is 0 Å². The van der Waals surface area contributed by atoms with Crippen LogP contribution >= 0.6 is 15.9 Å². The highest BCUT2D eigenvalue weighted by molar-refractivity contribution is 9.09. The lowest BCUT2D eigenvalue weighted by molar-refractivity contribution is 0.319. The zero-order valence-electron chi connectivity index (χ0n) is 11.2. The molecule has 0 spiro atoms. The van der Waals surface area contributed by atoms with E-state index in [1.54, 1.807) is 0 Å². The summed E-state index contributed by atoms with van der Waals surface area (Å²) in [7, 11) is -2.13. The molecule has 0 aliphatic heterocycles. The summed E-state index contributed by atoms with van der Waals surface area (Å²) in [6, 6.07) is 21.3. The maximum absolute atomic E-state index is 6.39. The Labute approximate surface area is 124 Å². The SMILES string of the molecule is CCCO[Si](CBr)(c1ccccc1)c1ccccc1. The Kier molecular flexibility index (Phi) is 5.37. The first kappa shape index (κ1) is 14.5. The fraction of sp³-hybridized carbons (Fsp3) is 0.250. The molecule has 2 aromatic carbocycles. The van der Waals surface area contributed by atoms with Gasteiger partial charge in [0.15, 0.2) is 0 Å². The van der Waals surface area contributed by atoms with E-state index in [2.05, 4.69) is 83.5 Å². The molecule has 0 unspecified atom stereocenters. The van der Waals surface area contributed by atoms with E-state index < -0.39 is 8.32 Å². The normalized spacial score (nSPS) is 11.5. The first-order valence-corrected chi connectivity index (χ1v) is 9.88. The smallest absolute Gasteiger partial charge is 0.266 e. The molecule has 19 heavy (non-hydrogen) atoms. The van der Waals surface area contributed by atoms with Crippen LogP contribution in [0.1, 0.15) is 13.3 Å². The molecular formula is C16H19BrOSi. The van der Waals surface area contributed by atoms with Crippen LogP contribution in [0.5, 0.6) is 0 Å². The number of hydrogen-bond donors (Lipinski definition) is 0. The molecule has 1 nitrogen and oxygen atoms in total. The van der Waals surface area contributed by atoms with Crippen molar-refractivity contribution >= 4 is 34.6 Å². The third kappa shape index (κ3) is 3.16. The van der Waals surface area contributed by atoms with Crippen molar-refractivity contribution in [3.8, 4) is 0 Å². The van der Waals surface area contributed by atoms with Crippen molar-refractivity contribution < 1.29 is 4.43 Å². The molecule has 0 radical (unpaired) electrons. The van der Waals surface area contributed by atoms with Crippen LogP contribution in [-0.2, 0) is 4.43 Å². The van der Waals surface area contributed by atoms with E-state index in [9.17, 15) is 0 Å². The third-order valence-corrected chi connectivity index (χ3v) is 9.20. The summed E-state index contributed by atoms with van der Waals surface area (Å²) in [5.74, 6) is 0. The van der Waals surface area contributed by atoms with Crippen molar-refractivity contribution in [2.45, 2.75) is 13.3 Å². The van der Waals surface area contributed by atoms with Gasteiger partial charge < -0.3 is 4.43 Å². The van der Waals surface area contributed by atoms with Crippen molar-refractivity contribution in [1.82, 2.24) is 0 Å². The predicted octanol–water partition coefficient (Wildman–Crippen LogP) is 3.11. The van der Waals surface area contributed by atoms with E-state index in [0.29, 0.717) is 0 Å². The fourth-order valence-corrected chi connectivity index (χ4v) is 7.71. The molecule has 2 rings (SSSR count). The van der Waals surface area contributed by atoms with E-state index in [-0.39, 0.29) is 0 Å². The van der Waals surface area contributed by atoms with Gasteiger partial charge in [-0.05, 0) is 16.8 Å². The third-order valence-electron chi connectivity index (χ3n) is 3.22. The molecule has 0 aliphatic carbocycles. The van der Waals surface area contributed by atoms with Crippen LogP contribution in [0.15, 0.2) is 60.7 Å². The van der Waals surface area contributed by atoms with Crippen molar-refractivity contribution in [2.24, 2.45) is 0 Å². The molecule has 2 aromatic rings. The average molecular weight is 335 g/mol. The molecule has 0 amide bonds. The van der Waals surface area contributed by atoms with Crippen molar-refractivity contribution in [3.63, 3.8) is 0 Å². The molecule has 3 heteroatoms. The Hall–Kier alpha value is -0.903. The van der Waals surface area contributed by atoms with Crippen LogP contribution in [0.4, 0.5) is 0 Å². The van der Waals surface area contributed by atoms with Gasteiger partial charge in [-0.25, -0.2) is 0 Å². The summed E-state index contributed by atoms with van der Waals surface area (Å²) < 4.78 is 6.39. The van der Waals surface area contributed by atoms with Gasteiger partial charge in [-0.1, -0.05) is 83.5 Å². The number of halogens is 1. The van der Waals surface area contributed by atoms with Gasteiger partial charge in [0.25, 0.3) is 8.32 Å². The minimum atomic E-state index is -2.13. The molecule has 0 aliphatic rings. The first-order chi connectivity index (χ1) is 9.33. The number of rotatable bonds is 6. The molecule has 0 fully saturated rings. The lowest BCUT2D eigenvalue weighted by Crippen LogP contribution is -2.63. The molecule has 0 saturated heterocycles. The highest BCUT2D eigenvalue weighted by atomic mass is 79.9. The minimum Gasteiger partial charge on any atom is -0.407 e. The van der Waals surface area contributed by atoms with Gasteiger partial charge in [-0.3, -0.25) is 0 Å². The number of hydrogen-bond acceptors (Lipinski definition) is 1. The molecular weight excluding hydrogens is 316 g/mol. The molecule has 0 atom stereocenters. The van der Waals surface area contributed by atoms with E-state index >= 15 is 0 Å². The summed E-state index contributed by atoms with van der Waals surface area (Å²) in [6.45, 7) is 2.96. The summed E-state index contributed by atoms with van der Waals surface area (Å²) in [5, 5.41) is 2.65. The highest BCUT2D eigenvalue weighted by Gasteiger charge is 2.38. The largest absolute Gasteiger partial charge is 0.407 e. The second-order valence-corrected chi connectivity index (χ2v) is 9.59. The van der Waals surface area contributed by atoms with Crippen LogP contribution in [0.2, 0.25) is 0 Å². The Balaban J connectivity index is 2.48. The van der Waals surface area contributed by atoms with Crippen molar-refractivity contribution in [3.05, 3.63) is 60.7 Å². The quantitative estimate of drug-likeness (QED) is 0.582. The monoisotopic (exact) mass is 334 g/mol. The molecule has 0 saturated carbocycles. The summed E-state index contributed by atoms with van der Waals surface area (Å²) >= 11 is 3.71. The molecule has 0 N–H and O–H groups in total. The molecule has 100 valence electrons. The van der Waals surface area contributed by atoms with Crippen LogP contribution in [-0.4, -0.2) is 19.9 Å². The molecule has 0 heterocycles. The van der Waals surface area contributed by atoms with Crippen LogP contribution in [0.25, 0.3) is 0 Å². The summed E-state index contributed by atoms with van der Waals surface area (Å²) in [5.41, 5.74) is 0. The minimum absolute atomic E-state index is 0.807. The Bertz CT molecular complexity index is 447. The van der Waals surface area contributed by atoms with Gasteiger partial charge in [0.1, 0.15) is 0 Å². The maximum Gasteiger partial charge on any atom is 0.266 e.